The molecule has 2 aromatic rings. The molecule has 2 rings (SSSR count). The fraction of sp³-hybridized carbons (Fsp3) is 0.333. The first kappa shape index (κ1) is 13.8. The summed E-state index contributed by atoms with van der Waals surface area (Å²) in [5.41, 5.74) is 4.04. The highest BCUT2D eigenvalue weighted by Crippen LogP contribution is 2.29. The first-order valence-corrected chi connectivity index (χ1v) is 7.83. The summed E-state index contributed by atoms with van der Waals surface area (Å²) in [5, 5.41) is 5.83. The van der Waals surface area contributed by atoms with Crippen LogP contribution in [0.5, 0.6) is 0 Å². The number of thiophene rings is 1. The van der Waals surface area contributed by atoms with Crippen molar-refractivity contribution in [2.75, 3.05) is 6.54 Å². The van der Waals surface area contributed by atoms with Gasteiger partial charge in [0.25, 0.3) is 0 Å². The Morgan fingerprint density at radius 2 is 2.06 bits per heavy atom. The number of aryl methyl sites for hydroxylation is 2. The van der Waals surface area contributed by atoms with Gasteiger partial charge in [0, 0.05) is 9.35 Å². The SMILES string of the molecule is CCNC(c1csc(C)c1)c1ccc(Br)cc1C. The average molecular weight is 324 g/mol. The Bertz CT molecular complexity index is 533. The lowest BCUT2D eigenvalue weighted by Crippen LogP contribution is -2.22. The zero-order valence-electron chi connectivity index (χ0n) is 11.0. The fourth-order valence-electron chi connectivity index (χ4n) is 2.19. The van der Waals surface area contributed by atoms with E-state index in [2.05, 4.69) is 71.7 Å². The van der Waals surface area contributed by atoms with Crippen molar-refractivity contribution in [1.29, 1.82) is 0 Å². The van der Waals surface area contributed by atoms with Crippen LogP contribution in [-0.2, 0) is 0 Å². The summed E-state index contributed by atoms with van der Waals surface area (Å²) in [6.45, 7) is 7.45. The first-order chi connectivity index (χ1) is 8.61. The monoisotopic (exact) mass is 323 g/mol. The summed E-state index contributed by atoms with van der Waals surface area (Å²) in [6, 6.07) is 9.08. The molecule has 0 fully saturated rings. The van der Waals surface area contributed by atoms with Crippen LogP contribution >= 0.6 is 27.3 Å². The molecule has 18 heavy (non-hydrogen) atoms. The van der Waals surface area contributed by atoms with Crippen LogP contribution in [0.15, 0.2) is 34.1 Å². The van der Waals surface area contributed by atoms with E-state index in [0.717, 1.165) is 11.0 Å². The minimum Gasteiger partial charge on any atom is -0.306 e. The van der Waals surface area contributed by atoms with Crippen LogP contribution in [0.25, 0.3) is 0 Å². The minimum atomic E-state index is 0.299. The molecule has 96 valence electrons. The minimum absolute atomic E-state index is 0.299. The van der Waals surface area contributed by atoms with Gasteiger partial charge >= 0.3 is 0 Å². The highest BCUT2D eigenvalue weighted by atomic mass is 79.9. The van der Waals surface area contributed by atoms with Gasteiger partial charge in [-0.2, -0.15) is 0 Å². The molecule has 0 amide bonds. The maximum absolute atomic E-state index is 3.58. The van der Waals surface area contributed by atoms with Gasteiger partial charge in [0.05, 0.1) is 6.04 Å². The predicted octanol–water partition coefficient (Wildman–Crippen LogP) is 4.83. The van der Waals surface area contributed by atoms with Crippen molar-refractivity contribution in [2.24, 2.45) is 0 Å². The quantitative estimate of drug-likeness (QED) is 0.850. The standard InChI is InChI=1S/C15H18BrNS/c1-4-17-15(12-8-11(3)18-9-12)14-6-5-13(16)7-10(14)2/h5-9,15,17H,4H2,1-3H3. The van der Waals surface area contributed by atoms with E-state index in [1.54, 1.807) is 0 Å². The lowest BCUT2D eigenvalue weighted by molar-refractivity contribution is 0.629. The molecule has 1 N–H and O–H groups in total. The largest absolute Gasteiger partial charge is 0.306 e. The first-order valence-electron chi connectivity index (χ1n) is 6.16. The zero-order chi connectivity index (χ0) is 13.1. The van der Waals surface area contributed by atoms with Crippen molar-refractivity contribution >= 4 is 27.3 Å². The number of benzene rings is 1. The molecule has 1 aromatic carbocycles. The van der Waals surface area contributed by atoms with Crippen molar-refractivity contribution < 1.29 is 0 Å². The van der Waals surface area contributed by atoms with Crippen molar-refractivity contribution in [3.05, 3.63) is 55.7 Å². The van der Waals surface area contributed by atoms with Gasteiger partial charge in [-0.3, -0.25) is 0 Å². The third-order valence-corrected chi connectivity index (χ3v) is 4.41. The van der Waals surface area contributed by atoms with Crippen LogP contribution in [0.2, 0.25) is 0 Å². The van der Waals surface area contributed by atoms with E-state index in [1.165, 1.54) is 21.6 Å². The molecule has 0 aliphatic heterocycles. The lowest BCUT2D eigenvalue weighted by atomic mass is 9.96. The number of rotatable bonds is 4. The van der Waals surface area contributed by atoms with Crippen molar-refractivity contribution in [3.63, 3.8) is 0 Å². The molecule has 1 nitrogen and oxygen atoms in total. The maximum Gasteiger partial charge on any atom is 0.0587 e. The summed E-state index contributed by atoms with van der Waals surface area (Å²) in [4.78, 5) is 1.36. The maximum atomic E-state index is 3.58. The van der Waals surface area contributed by atoms with E-state index in [1.807, 2.05) is 11.3 Å². The van der Waals surface area contributed by atoms with E-state index in [9.17, 15) is 0 Å². The van der Waals surface area contributed by atoms with E-state index >= 15 is 0 Å². The molecule has 0 saturated heterocycles. The van der Waals surface area contributed by atoms with Gasteiger partial charge in [0.2, 0.25) is 0 Å². The second-order valence-corrected chi connectivity index (χ2v) is 6.51. The molecular formula is C15H18BrNS. The third-order valence-electron chi connectivity index (χ3n) is 3.04. The highest BCUT2D eigenvalue weighted by Gasteiger charge is 2.16. The fourth-order valence-corrected chi connectivity index (χ4v) is 3.40. The van der Waals surface area contributed by atoms with E-state index < -0.39 is 0 Å². The van der Waals surface area contributed by atoms with Crippen molar-refractivity contribution in [2.45, 2.75) is 26.8 Å². The van der Waals surface area contributed by atoms with Crippen LogP contribution in [0, 0.1) is 13.8 Å². The summed E-state index contributed by atoms with van der Waals surface area (Å²) in [6.07, 6.45) is 0. The summed E-state index contributed by atoms with van der Waals surface area (Å²) >= 11 is 5.34. The Kier molecular flexibility index (Phi) is 4.60. The highest BCUT2D eigenvalue weighted by molar-refractivity contribution is 9.10. The van der Waals surface area contributed by atoms with Gasteiger partial charge < -0.3 is 5.32 Å². The van der Waals surface area contributed by atoms with Crippen molar-refractivity contribution in [1.82, 2.24) is 5.32 Å². The van der Waals surface area contributed by atoms with Gasteiger partial charge in [0.15, 0.2) is 0 Å². The molecule has 1 heterocycles. The van der Waals surface area contributed by atoms with E-state index in [4.69, 9.17) is 0 Å². The van der Waals surface area contributed by atoms with Crippen LogP contribution in [0.4, 0.5) is 0 Å². The summed E-state index contributed by atoms with van der Waals surface area (Å²) in [7, 11) is 0. The topological polar surface area (TPSA) is 12.0 Å². The molecule has 3 heteroatoms. The Hall–Kier alpha value is -0.640. The Morgan fingerprint density at radius 1 is 1.28 bits per heavy atom. The lowest BCUT2D eigenvalue weighted by Gasteiger charge is -2.19. The molecule has 1 atom stereocenters. The second-order valence-electron chi connectivity index (χ2n) is 4.48. The molecule has 0 spiro atoms. The molecule has 0 saturated carbocycles. The van der Waals surface area contributed by atoms with Crippen LogP contribution < -0.4 is 5.32 Å². The van der Waals surface area contributed by atoms with Crippen LogP contribution in [0.1, 0.15) is 34.5 Å². The Labute approximate surface area is 121 Å². The van der Waals surface area contributed by atoms with Crippen LogP contribution in [0.3, 0.4) is 0 Å². The summed E-state index contributed by atoms with van der Waals surface area (Å²) < 4.78 is 1.14. The molecule has 0 aliphatic carbocycles. The predicted molar refractivity (Wildman–Crippen MR) is 83.5 cm³/mol. The normalized spacial score (nSPS) is 12.7. The third kappa shape index (κ3) is 3.02. The summed E-state index contributed by atoms with van der Waals surface area (Å²) in [5.74, 6) is 0. The van der Waals surface area contributed by atoms with Gasteiger partial charge in [-0.25, -0.2) is 0 Å². The molecule has 1 aromatic heterocycles. The Morgan fingerprint density at radius 3 is 2.61 bits per heavy atom. The number of hydrogen-bond acceptors (Lipinski definition) is 2. The van der Waals surface area contributed by atoms with Crippen molar-refractivity contribution in [3.8, 4) is 0 Å². The smallest absolute Gasteiger partial charge is 0.0587 e. The van der Waals surface area contributed by atoms with Gasteiger partial charge in [-0.15, -0.1) is 11.3 Å². The molecule has 0 radical (unpaired) electrons. The zero-order valence-corrected chi connectivity index (χ0v) is 13.4. The van der Waals surface area contributed by atoms with Gasteiger partial charge in [0.1, 0.15) is 0 Å². The van der Waals surface area contributed by atoms with Gasteiger partial charge in [-0.05, 0) is 60.7 Å². The number of hydrogen-bond donors (Lipinski definition) is 1. The van der Waals surface area contributed by atoms with E-state index in [-0.39, 0.29) is 0 Å². The molecule has 1 unspecified atom stereocenters. The second kappa shape index (κ2) is 6.00. The molecule has 0 aliphatic rings. The number of nitrogens with one attached hydrogen (secondary N) is 1. The van der Waals surface area contributed by atoms with Crippen LogP contribution in [-0.4, -0.2) is 6.54 Å². The number of halogens is 1. The molecule has 0 bridgehead atoms. The van der Waals surface area contributed by atoms with E-state index in [0.29, 0.717) is 6.04 Å². The average Bonchev–Trinajstić information content (AvgIpc) is 2.73. The Balaban J connectivity index is 2.41. The molecular weight excluding hydrogens is 306 g/mol. The van der Waals surface area contributed by atoms with Gasteiger partial charge in [-0.1, -0.05) is 28.9 Å².